The zero-order chi connectivity index (χ0) is 13.7. The van der Waals surface area contributed by atoms with Crippen molar-refractivity contribution in [2.45, 2.75) is 64.5 Å². The first kappa shape index (κ1) is 14.8. The van der Waals surface area contributed by atoms with Crippen LogP contribution < -0.4 is 0 Å². The molecule has 3 nitrogen and oxygen atoms in total. The van der Waals surface area contributed by atoms with E-state index in [2.05, 4.69) is 29.7 Å². The van der Waals surface area contributed by atoms with Gasteiger partial charge in [0.15, 0.2) is 0 Å². The van der Waals surface area contributed by atoms with Gasteiger partial charge in [0.1, 0.15) is 0 Å². The maximum Gasteiger partial charge on any atom is 0.0978 e. The molecular formula is C16H29N3. The molecule has 1 saturated carbocycles. The second-order valence-corrected chi connectivity index (χ2v) is 6.42. The molecule has 1 saturated heterocycles. The molecule has 0 radical (unpaired) electrons. The molecule has 19 heavy (non-hydrogen) atoms. The summed E-state index contributed by atoms with van der Waals surface area (Å²) < 4.78 is 0. The SMILES string of the molecule is CCCC(C#N)N1CCN(C2CCC(C)CC2)CC1. The van der Waals surface area contributed by atoms with Crippen LogP contribution in [0.3, 0.4) is 0 Å². The summed E-state index contributed by atoms with van der Waals surface area (Å²) in [6.45, 7) is 9.07. The normalized spacial score (nSPS) is 31.8. The van der Waals surface area contributed by atoms with Crippen molar-refractivity contribution in [1.29, 1.82) is 5.26 Å². The molecule has 2 rings (SSSR count). The maximum absolute atomic E-state index is 9.25. The van der Waals surface area contributed by atoms with Crippen LogP contribution in [0.1, 0.15) is 52.4 Å². The van der Waals surface area contributed by atoms with Crippen molar-refractivity contribution < 1.29 is 0 Å². The quantitative estimate of drug-likeness (QED) is 0.781. The van der Waals surface area contributed by atoms with E-state index in [0.717, 1.165) is 37.9 Å². The number of hydrogen-bond acceptors (Lipinski definition) is 3. The van der Waals surface area contributed by atoms with Gasteiger partial charge in [0.05, 0.1) is 12.1 Å². The fraction of sp³-hybridized carbons (Fsp3) is 0.938. The lowest BCUT2D eigenvalue weighted by atomic mass is 9.86. The molecule has 108 valence electrons. The van der Waals surface area contributed by atoms with Crippen molar-refractivity contribution in [1.82, 2.24) is 9.80 Å². The van der Waals surface area contributed by atoms with Crippen LogP contribution in [0.4, 0.5) is 0 Å². The molecular weight excluding hydrogens is 234 g/mol. The highest BCUT2D eigenvalue weighted by Gasteiger charge is 2.29. The van der Waals surface area contributed by atoms with Crippen molar-refractivity contribution in [3.05, 3.63) is 0 Å². The third-order valence-electron chi connectivity index (χ3n) is 5.00. The molecule has 0 aromatic carbocycles. The molecule has 0 spiro atoms. The van der Waals surface area contributed by atoms with Gasteiger partial charge in [-0.1, -0.05) is 20.3 Å². The van der Waals surface area contributed by atoms with Crippen LogP contribution >= 0.6 is 0 Å². The monoisotopic (exact) mass is 263 g/mol. The van der Waals surface area contributed by atoms with Crippen LogP contribution in [-0.2, 0) is 0 Å². The van der Waals surface area contributed by atoms with Gasteiger partial charge >= 0.3 is 0 Å². The molecule has 0 aromatic heterocycles. The summed E-state index contributed by atoms with van der Waals surface area (Å²) in [5, 5.41) is 9.25. The van der Waals surface area contributed by atoms with Crippen LogP contribution in [0.15, 0.2) is 0 Å². The largest absolute Gasteiger partial charge is 0.298 e. The van der Waals surface area contributed by atoms with Crippen LogP contribution in [0.5, 0.6) is 0 Å². The number of piperazine rings is 1. The first-order valence-electron chi connectivity index (χ1n) is 8.12. The van der Waals surface area contributed by atoms with Gasteiger partial charge in [0, 0.05) is 32.2 Å². The third kappa shape index (κ3) is 3.94. The highest BCUT2D eigenvalue weighted by molar-refractivity contribution is 4.94. The van der Waals surface area contributed by atoms with Crippen LogP contribution in [0.25, 0.3) is 0 Å². The van der Waals surface area contributed by atoms with Crippen molar-refractivity contribution >= 4 is 0 Å². The second kappa shape index (κ2) is 7.26. The minimum absolute atomic E-state index is 0.151. The molecule has 1 unspecified atom stereocenters. The van der Waals surface area contributed by atoms with Gasteiger partial charge < -0.3 is 0 Å². The summed E-state index contributed by atoms with van der Waals surface area (Å²) in [6.07, 6.45) is 7.72. The summed E-state index contributed by atoms with van der Waals surface area (Å²) in [6, 6.07) is 3.46. The van der Waals surface area contributed by atoms with Gasteiger partial charge in [0.2, 0.25) is 0 Å². The van der Waals surface area contributed by atoms with Gasteiger partial charge in [-0.15, -0.1) is 0 Å². The third-order valence-corrected chi connectivity index (χ3v) is 5.00. The standard InChI is InChI=1S/C16H29N3/c1-3-4-16(13-17)19-11-9-18(10-12-19)15-7-5-14(2)6-8-15/h14-16H,3-12H2,1-2H3. The molecule has 1 atom stereocenters. The Morgan fingerprint density at radius 2 is 1.74 bits per heavy atom. The molecule has 2 fully saturated rings. The van der Waals surface area contributed by atoms with E-state index in [0.29, 0.717) is 0 Å². The Hall–Kier alpha value is -0.590. The van der Waals surface area contributed by atoms with E-state index >= 15 is 0 Å². The molecule has 1 heterocycles. The van der Waals surface area contributed by atoms with Crippen LogP contribution in [-0.4, -0.2) is 48.1 Å². The van der Waals surface area contributed by atoms with Gasteiger partial charge in [-0.25, -0.2) is 0 Å². The zero-order valence-corrected chi connectivity index (χ0v) is 12.6. The van der Waals surface area contributed by atoms with Gasteiger partial charge in [-0.2, -0.15) is 5.26 Å². The zero-order valence-electron chi connectivity index (χ0n) is 12.6. The Morgan fingerprint density at radius 1 is 1.11 bits per heavy atom. The van der Waals surface area contributed by atoms with E-state index in [4.69, 9.17) is 0 Å². The molecule has 0 amide bonds. The van der Waals surface area contributed by atoms with E-state index in [1.54, 1.807) is 0 Å². The first-order chi connectivity index (χ1) is 9.24. The Bertz CT molecular complexity index is 294. The lowest BCUT2D eigenvalue weighted by Crippen LogP contribution is -2.53. The fourth-order valence-electron chi connectivity index (χ4n) is 3.62. The molecule has 3 heteroatoms. The minimum Gasteiger partial charge on any atom is -0.298 e. The van der Waals surface area contributed by atoms with Crippen molar-refractivity contribution in [3.8, 4) is 6.07 Å². The lowest BCUT2D eigenvalue weighted by molar-refractivity contribution is 0.0603. The average Bonchev–Trinajstić information content (AvgIpc) is 2.46. The Labute approximate surface area is 118 Å². The van der Waals surface area contributed by atoms with Crippen LogP contribution in [0, 0.1) is 17.2 Å². The maximum atomic E-state index is 9.25. The Morgan fingerprint density at radius 3 is 2.26 bits per heavy atom. The smallest absolute Gasteiger partial charge is 0.0978 e. The van der Waals surface area contributed by atoms with E-state index in [1.807, 2.05) is 0 Å². The molecule has 1 aliphatic carbocycles. The summed E-state index contributed by atoms with van der Waals surface area (Å²) in [7, 11) is 0. The summed E-state index contributed by atoms with van der Waals surface area (Å²) in [5.41, 5.74) is 0. The van der Waals surface area contributed by atoms with Crippen molar-refractivity contribution in [2.75, 3.05) is 26.2 Å². The Kier molecular flexibility index (Phi) is 5.66. The molecule has 0 bridgehead atoms. The van der Waals surface area contributed by atoms with E-state index in [-0.39, 0.29) is 6.04 Å². The molecule has 1 aliphatic heterocycles. The highest BCUT2D eigenvalue weighted by atomic mass is 15.3. The minimum atomic E-state index is 0.151. The second-order valence-electron chi connectivity index (χ2n) is 6.42. The molecule has 0 N–H and O–H groups in total. The lowest BCUT2D eigenvalue weighted by Gasteiger charge is -2.42. The van der Waals surface area contributed by atoms with E-state index in [1.165, 1.54) is 38.8 Å². The molecule has 0 aromatic rings. The van der Waals surface area contributed by atoms with E-state index in [9.17, 15) is 5.26 Å². The number of nitriles is 1. The number of rotatable bonds is 4. The number of nitrogens with zero attached hydrogens (tertiary/aromatic N) is 3. The predicted molar refractivity (Wildman–Crippen MR) is 78.9 cm³/mol. The number of hydrogen-bond donors (Lipinski definition) is 0. The topological polar surface area (TPSA) is 30.3 Å². The van der Waals surface area contributed by atoms with Crippen LogP contribution in [0.2, 0.25) is 0 Å². The van der Waals surface area contributed by atoms with Crippen molar-refractivity contribution in [3.63, 3.8) is 0 Å². The summed E-state index contributed by atoms with van der Waals surface area (Å²) in [4.78, 5) is 5.08. The summed E-state index contributed by atoms with van der Waals surface area (Å²) in [5.74, 6) is 0.935. The van der Waals surface area contributed by atoms with Gasteiger partial charge in [0.25, 0.3) is 0 Å². The van der Waals surface area contributed by atoms with Gasteiger partial charge in [-0.3, -0.25) is 9.80 Å². The highest BCUT2D eigenvalue weighted by Crippen LogP contribution is 2.27. The summed E-state index contributed by atoms with van der Waals surface area (Å²) >= 11 is 0. The Balaban J connectivity index is 1.77. The fourth-order valence-corrected chi connectivity index (χ4v) is 3.62. The predicted octanol–water partition coefficient (Wildman–Crippen LogP) is 2.87. The first-order valence-corrected chi connectivity index (χ1v) is 8.12. The molecule has 2 aliphatic rings. The van der Waals surface area contributed by atoms with E-state index < -0.39 is 0 Å². The van der Waals surface area contributed by atoms with Crippen molar-refractivity contribution in [2.24, 2.45) is 5.92 Å². The van der Waals surface area contributed by atoms with Gasteiger partial charge in [-0.05, 0) is 38.0 Å². The average molecular weight is 263 g/mol.